The molecule has 1 aliphatic rings. The van der Waals surface area contributed by atoms with Crippen molar-refractivity contribution in [1.29, 1.82) is 0 Å². The third-order valence-corrected chi connectivity index (χ3v) is 7.43. The molecule has 9 nitrogen and oxygen atoms in total. The van der Waals surface area contributed by atoms with Crippen molar-refractivity contribution in [3.63, 3.8) is 0 Å². The number of aryl methyl sites for hydroxylation is 1. The van der Waals surface area contributed by atoms with Crippen molar-refractivity contribution >= 4 is 46.3 Å². The molecular weight excluding hydrogens is 518 g/mol. The van der Waals surface area contributed by atoms with E-state index >= 15 is 0 Å². The minimum atomic E-state index is -0.982. The van der Waals surface area contributed by atoms with E-state index < -0.39 is 23.8 Å². The standard InChI is InChI=1S/C29H29N3O6S/c1-4-37-29(36)24-22-14-9-17(2)15-23(22)39-27(24)31-25(33)26(34)32-30-16-19-10-12-20(13-11-19)38-28(35)21-8-6-5-7-18(21)3/h5-8,10-13,16-17H,4,9,14-15H2,1-3H3,(H,31,33)(H,32,34)/b30-16-/t17-/m1/s1. The van der Waals surface area contributed by atoms with E-state index in [0.29, 0.717) is 33.4 Å². The van der Waals surface area contributed by atoms with E-state index in [0.717, 1.165) is 35.3 Å². The van der Waals surface area contributed by atoms with Crippen LogP contribution < -0.4 is 15.5 Å². The Kier molecular flexibility index (Phi) is 8.88. The number of nitrogens with one attached hydrogen (secondary N) is 2. The van der Waals surface area contributed by atoms with Crippen LogP contribution in [0.3, 0.4) is 0 Å². The lowest BCUT2D eigenvalue weighted by atomic mass is 9.88. The number of esters is 2. The van der Waals surface area contributed by atoms with Crippen molar-refractivity contribution in [2.24, 2.45) is 11.0 Å². The van der Waals surface area contributed by atoms with Gasteiger partial charge >= 0.3 is 23.8 Å². The molecule has 10 heteroatoms. The molecule has 1 aliphatic carbocycles. The molecule has 0 spiro atoms. The SMILES string of the molecule is CCOC(=O)c1c(NC(=O)C(=O)N/N=C\c2ccc(OC(=O)c3ccccc3C)cc2)sc2c1CC[C@@H](C)C2. The van der Waals surface area contributed by atoms with Crippen LogP contribution in [-0.2, 0) is 27.2 Å². The van der Waals surface area contributed by atoms with Crippen molar-refractivity contribution in [1.82, 2.24) is 5.43 Å². The lowest BCUT2D eigenvalue weighted by molar-refractivity contribution is -0.136. The molecule has 0 unspecified atom stereocenters. The Balaban J connectivity index is 1.35. The van der Waals surface area contributed by atoms with E-state index in [-0.39, 0.29) is 6.61 Å². The largest absolute Gasteiger partial charge is 0.462 e. The van der Waals surface area contributed by atoms with E-state index in [9.17, 15) is 19.2 Å². The molecule has 1 heterocycles. The topological polar surface area (TPSA) is 123 Å². The first-order valence-electron chi connectivity index (χ1n) is 12.6. The Morgan fingerprint density at radius 1 is 1.05 bits per heavy atom. The Hall–Kier alpha value is -4.31. The molecule has 39 heavy (non-hydrogen) atoms. The zero-order valence-corrected chi connectivity index (χ0v) is 22.7. The first-order valence-corrected chi connectivity index (χ1v) is 13.4. The highest BCUT2D eigenvalue weighted by molar-refractivity contribution is 7.17. The van der Waals surface area contributed by atoms with Gasteiger partial charge in [-0.25, -0.2) is 15.0 Å². The fraction of sp³-hybridized carbons (Fsp3) is 0.276. The Bertz CT molecular complexity index is 1430. The summed E-state index contributed by atoms with van der Waals surface area (Å²) < 4.78 is 10.6. The molecule has 2 amide bonds. The molecule has 1 aromatic heterocycles. The summed E-state index contributed by atoms with van der Waals surface area (Å²) >= 11 is 1.30. The zero-order chi connectivity index (χ0) is 27.9. The molecule has 202 valence electrons. The van der Waals surface area contributed by atoms with Crippen LogP contribution in [0.1, 0.15) is 62.6 Å². The van der Waals surface area contributed by atoms with Crippen molar-refractivity contribution in [2.75, 3.05) is 11.9 Å². The molecule has 0 bridgehead atoms. The number of benzene rings is 2. The summed E-state index contributed by atoms with van der Waals surface area (Å²) in [5.41, 5.74) is 5.31. The number of nitrogens with zero attached hydrogens (tertiary/aromatic N) is 1. The van der Waals surface area contributed by atoms with E-state index in [4.69, 9.17) is 9.47 Å². The van der Waals surface area contributed by atoms with Crippen LogP contribution in [0, 0.1) is 12.8 Å². The summed E-state index contributed by atoms with van der Waals surface area (Å²) in [6, 6.07) is 13.6. The van der Waals surface area contributed by atoms with Crippen LogP contribution in [0.5, 0.6) is 5.75 Å². The van der Waals surface area contributed by atoms with Crippen molar-refractivity contribution in [2.45, 2.75) is 40.0 Å². The summed E-state index contributed by atoms with van der Waals surface area (Å²) in [7, 11) is 0. The Labute approximate surface area is 230 Å². The summed E-state index contributed by atoms with van der Waals surface area (Å²) in [6.45, 7) is 5.90. The van der Waals surface area contributed by atoms with Gasteiger partial charge in [0.2, 0.25) is 0 Å². The van der Waals surface area contributed by atoms with E-state index in [2.05, 4.69) is 22.8 Å². The lowest BCUT2D eigenvalue weighted by Gasteiger charge is -2.18. The molecule has 2 aromatic carbocycles. The van der Waals surface area contributed by atoms with Crippen LogP contribution >= 0.6 is 11.3 Å². The highest BCUT2D eigenvalue weighted by atomic mass is 32.1. The average molecular weight is 548 g/mol. The van der Waals surface area contributed by atoms with Gasteiger partial charge in [0, 0.05) is 4.88 Å². The fourth-order valence-corrected chi connectivity index (χ4v) is 5.61. The second-order valence-corrected chi connectivity index (χ2v) is 10.3. The third-order valence-electron chi connectivity index (χ3n) is 6.26. The first kappa shape index (κ1) is 27.7. The molecule has 0 radical (unpaired) electrons. The number of hydrazone groups is 1. The van der Waals surface area contributed by atoms with Crippen LogP contribution in [0.25, 0.3) is 0 Å². The van der Waals surface area contributed by atoms with Crippen LogP contribution in [0.4, 0.5) is 5.00 Å². The molecule has 2 N–H and O–H groups in total. The van der Waals surface area contributed by atoms with Crippen LogP contribution in [0.2, 0.25) is 0 Å². The molecule has 3 aromatic rings. The van der Waals surface area contributed by atoms with Crippen LogP contribution in [-0.4, -0.2) is 36.6 Å². The number of anilines is 1. The predicted octanol–water partition coefficient (Wildman–Crippen LogP) is 4.67. The number of amides is 2. The van der Waals surface area contributed by atoms with Crippen molar-refractivity contribution in [3.8, 4) is 5.75 Å². The maximum Gasteiger partial charge on any atom is 0.343 e. The van der Waals surface area contributed by atoms with Gasteiger partial charge in [-0.05, 0) is 86.1 Å². The highest BCUT2D eigenvalue weighted by Crippen LogP contribution is 2.40. The number of fused-ring (bicyclic) bond motifs is 1. The van der Waals surface area contributed by atoms with Gasteiger partial charge in [0.1, 0.15) is 10.8 Å². The van der Waals surface area contributed by atoms with Crippen LogP contribution in [0.15, 0.2) is 53.6 Å². The van der Waals surface area contributed by atoms with E-state index in [1.807, 2.05) is 19.1 Å². The lowest BCUT2D eigenvalue weighted by Crippen LogP contribution is -2.32. The second kappa shape index (κ2) is 12.5. The number of rotatable bonds is 7. The van der Waals surface area contributed by atoms with Gasteiger partial charge in [-0.3, -0.25) is 9.59 Å². The zero-order valence-electron chi connectivity index (χ0n) is 21.9. The fourth-order valence-electron chi connectivity index (χ4n) is 4.22. The summed E-state index contributed by atoms with van der Waals surface area (Å²) in [6.07, 6.45) is 3.82. The maximum atomic E-state index is 12.6. The summed E-state index contributed by atoms with van der Waals surface area (Å²) in [4.78, 5) is 50.9. The maximum absolute atomic E-state index is 12.6. The second-order valence-electron chi connectivity index (χ2n) is 9.20. The van der Waals surface area contributed by atoms with E-state index in [1.54, 1.807) is 43.3 Å². The molecule has 1 atom stereocenters. The van der Waals surface area contributed by atoms with Gasteiger partial charge in [0.15, 0.2) is 0 Å². The number of carbonyl (C=O) groups excluding carboxylic acids is 4. The molecule has 0 fully saturated rings. The quantitative estimate of drug-likeness (QED) is 0.146. The molecular formula is C29H29N3O6S. The highest BCUT2D eigenvalue weighted by Gasteiger charge is 2.30. The Morgan fingerprint density at radius 2 is 1.79 bits per heavy atom. The summed E-state index contributed by atoms with van der Waals surface area (Å²) in [5.74, 6) is -2.06. The minimum absolute atomic E-state index is 0.207. The normalized spacial score (nSPS) is 14.4. The number of carbonyl (C=O) groups is 4. The van der Waals surface area contributed by atoms with Gasteiger partial charge in [0.25, 0.3) is 0 Å². The minimum Gasteiger partial charge on any atom is -0.462 e. The van der Waals surface area contributed by atoms with Gasteiger partial charge in [-0.1, -0.05) is 25.1 Å². The number of thiophene rings is 1. The van der Waals surface area contributed by atoms with Gasteiger partial charge in [0.05, 0.1) is 23.9 Å². The molecule has 0 aliphatic heterocycles. The number of hydrogen-bond acceptors (Lipinski definition) is 8. The summed E-state index contributed by atoms with van der Waals surface area (Å²) in [5, 5.41) is 6.70. The molecule has 0 saturated heterocycles. The predicted molar refractivity (Wildman–Crippen MR) is 148 cm³/mol. The smallest absolute Gasteiger partial charge is 0.343 e. The Morgan fingerprint density at radius 3 is 2.51 bits per heavy atom. The third kappa shape index (κ3) is 6.77. The first-order chi connectivity index (χ1) is 18.8. The average Bonchev–Trinajstić information content (AvgIpc) is 3.26. The van der Waals surface area contributed by atoms with E-state index in [1.165, 1.54) is 17.6 Å². The van der Waals surface area contributed by atoms with Gasteiger partial charge < -0.3 is 14.8 Å². The molecule has 0 saturated carbocycles. The van der Waals surface area contributed by atoms with Gasteiger partial charge in [-0.15, -0.1) is 11.3 Å². The van der Waals surface area contributed by atoms with Gasteiger partial charge in [-0.2, -0.15) is 5.10 Å². The number of ether oxygens (including phenoxy) is 2. The number of hydrogen-bond donors (Lipinski definition) is 2. The molecule has 4 rings (SSSR count). The van der Waals surface area contributed by atoms with Crippen molar-refractivity contribution < 1.29 is 28.7 Å². The van der Waals surface area contributed by atoms with Crippen molar-refractivity contribution in [3.05, 3.63) is 81.2 Å². The monoisotopic (exact) mass is 547 g/mol.